The molecule has 0 unspecified atom stereocenters. The van der Waals surface area contributed by atoms with E-state index in [9.17, 15) is 0 Å². The van der Waals surface area contributed by atoms with E-state index in [1.807, 2.05) is 30.5 Å². The van der Waals surface area contributed by atoms with Crippen LogP contribution in [0.4, 0.5) is 0 Å². The van der Waals surface area contributed by atoms with Gasteiger partial charge in [0.15, 0.2) is 0 Å². The Hall–Kier alpha value is -3.07. The minimum absolute atomic E-state index is 0.883. The highest BCUT2D eigenvalue weighted by atomic mass is 16.5. The molecule has 1 N–H and O–H groups in total. The summed E-state index contributed by atoms with van der Waals surface area (Å²) >= 11 is 0. The number of aromatic amines is 1. The first-order valence-corrected chi connectivity index (χ1v) is 7.61. The van der Waals surface area contributed by atoms with Gasteiger partial charge in [-0.2, -0.15) is 0 Å². The number of hydrogen-bond acceptors (Lipinski definition) is 2. The first-order valence-electron chi connectivity index (χ1n) is 7.61. The lowest BCUT2D eigenvalue weighted by molar-refractivity contribution is 0.425. The summed E-state index contributed by atoms with van der Waals surface area (Å²) in [6.45, 7) is 0. The molecule has 5 aromatic rings. The van der Waals surface area contributed by atoms with Gasteiger partial charge in [0.25, 0.3) is 0 Å². The first kappa shape index (κ1) is 12.5. The Labute approximate surface area is 132 Å². The molecule has 3 aromatic carbocycles. The van der Waals surface area contributed by atoms with Crippen molar-refractivity contribution in [2.75, 3.05) is 7.11 Å². The Kier molecular flexibility index (Phi) is 2.42. The predicted molar refractivity (Wildman–Crippen MR) is 95.2 cm³/mol. The summed E-state index contributed by atoms with van der Waals surface area (Å²) in [7, 11) is 1.73. The Balaban J connectivity index is 2.09. The molecule has 0 fully saturated rings. The van der Waals surface area contributed by atoms with Crippen LogP contribution in [0.25, 0.3) is 43.5 Å². The molecule has 0 bridgehead atoms. The second kappa shape index (κ2) is 4.46. The number of pyridine rings is 1. The van der Waals surface area contributed by atoms with Crippen molar-refractivity contribution in [3.05, 3.63) is 60.8 Å². The van der Waals surface area contributed by atoms with Crippen LogP contribution in [0.5, 0.6) is 5.75 Å². The third kappa shape index (κ3) is 1.62. The third-order valence-corrected chi connectivity index (χ3v) is 4.52. The molecule has 3 nitrogen and oxygen atoms in total. The van der Waals surface area contributed by atoms with Crippen molar-refractivity contribution in [1.82, 2.24) is 9.97 Å². The van der Waals surface area contributed by atoms with Gasteiger partial charge in [0.05, 0.1) is 23.5 Å². The van der Waals surface area contributed by atoms with Gasteiger partial charge in [0, 0.05) is 27.9 Å². The van der Waals surface area contributed by atoms with Crippen molar-refractivity contribution in [1.29, 1.82) is 0 Å². The van der Waals surface area contributed by atoms with Crippen LogP contribution in [0.1, 0.15) is 0 Å². The van der Waals surface area contributed by atoms with Gasteiger partial charge in [-0.3, -0.25) is 4.98 Å². The quantitative estimate of drug-likeness (QED) is 0.441. The van der Waals surface area contributed by atoms with Crippen molar-refractivity contribution in [2.24, 2.45) is 0 Å². The fourth-order valence-corrected chi connectivity index (χ4v) is 3.51. The summed E-state index contributed by atoms with van der Waals surface area (Å²) in [4.78, 5) is 8.11. The number of rotatable bonds is 1. The highest BCUT2D eigenvalue weighted by Gasteiger charge is 2.15. The highest BCUT2D eigenvalue weighted by molar-refractivity contribution is 6.20. The maximum Gasteiger partial charge on any atom is 0.138 e. The molecule has 0 aliphatic heterocycles. The molecule has 2 aromatic heterocycles. The lowest BCUT2D eigenvalue weighted by Crippen LogP contribution is -1.89. The molecule has 3 heteroatoms. The Bertz CT molecular complexity index is 1200. The summed E-state index contributed by atoms with van der Waals surface area (Å²) < 4.78 is 5.80. The second-order valence-corrected chi connectivity index (χ2v) is 5.74. The number of nitrogens with one attached hydrogen (secondary N) is 1. The van der Waals surface area contributed by atoms with E-state index in [1.54, 1.807) is 7.11 Å². The zero-order chi connectivity index (χ0) is 15.4. The average Bonchev–Trinajstić information content (AvgIpc) is 2.98. The number of aromatic nitrogens is 2. The van der Waals surface area contributed by atoms with Crippen molar-refractivity contribution in [3.8, 4) is 5.75 Å². The van der Waals surface area contributed by atoms with E-state index in [0.29, 0.717) is 0 Å². The van der Waals surface area contributed by atoms with Gasteiger partial charge in [-0.05, 0) is 23.6 Å². The highest BCUT2D eigenvalue weighted by Crippen LogP contribution is 2.40. The van der Waals surface area contributed by atoms with E-state index >= 15 is 0 Å². The fraction of sp³-hybridized carbons (Fsp3) is 0.0500. The molecule has 0 saturated heterocycles. The number of H-pyrrole nitrogens is 1. The van der Waals surface area contributed by atoms with E-state index in [4.69, 9.17) is 4.74 Å². The van der Waals surface area contributed by atoms with Gasteiger partial charge in [-0.1, -0.05) is 36.4 Å². The molecule has 5 rings (SSSR count). The summed E-state index contributed by atoms with van der Waals surface area (Å²) in [5.74, 6) is 0.883. The third-order valence-electron chi connectivity index (χ3n) is 4.52. The molecule has 0 saturated carbocycles. The Morgan fingerprint density at radius 2 is 1.61 bits per heavy atom. The molecule has 0 atom stereocenters. The van der Waals surface area contributed by atoms with Crippen molar-refractivity contribution in [2.45, 2.75) is 0 Å². The van der Waals surface area contributed by atoms with Crippen LogP contribution in [0.2, 0.25) is 0 Å². The van der Waals surface area contributed by atoms with Gasteiger partial charge in [-0.15, -0.1) is 0 Å². The van der Waals surface area contributed by atoms with Crippen molar-refractivity contribution < 1.29 is 4.74 Å². The number of nitrogens with zero attached hydrogens (tertiary/aromatic N) is 1. The maximum absolute atomic E-state index is 5.80. The molecule has 0 amide bonds. The van der Waals surface area contributed by atoms with Gasteiger partial charge in [0.1, 0.15) is 5.75 Å². The van der Waals surface area contributed by atoms with E-state index in [-0.39, 0.29) is 0 Å². The van der Waals surface area contributed by atoms with Crippen LogP contribution >= 0.6 is 0 Å². The molecule has 0 aliphatic rings. The van der Waals surface area contributed by atoms with Crippen LogP contribution < -0.4 is 4.74 Å². The minimum atomic E-state index is 0.883. The van der Waals surface area contributed by atoms with Crippen molar-refractivity contribution >= 4 is 43.5 Å². The minimum Gasteiger partial charge on any atom is -0.495 e. The van der Waals surface area contributed by atoms with Crippen molar-refractivity contribution in [3.63, 3.8) is 0 Å². The second-order valence-electron chi connectivity index (χ2n) is 5.74. The number of benzene rings is 3. The standard InChI is InChI=1S/C20H14N2O/c1-23-20-15-11-21-16-8-4-2-6-12(16)14(15)10-18-19(20)13-7-3-5-9-17(13)22-18/h2-11,22H,1H3. The maximum atomic E-state index is 5.80. The molecule has 23 heavy (non-hydrogen) atoms. The summed E-state index contributed by atoms with van der Waals surface area (Å²) in [5, 5.41) is 5.64. The molecule has 110 valence electrons. The summed E-state index contributed by atoms with van der Waals surface area (Å²) in [5.41, 5.74) is 3.21. The Morgan fingerprint density at radius 3 is 2.48 bits per heavy atom. The molecule has 0 spiro atoms. The summed E-state index contributed by atoms with van der Waals surface area (Å²) in [6.07, 6.45) is 1.91. The smallest absolute Gasteiger partial charge is 0.138 e. The normalized spacial score (nSPS) is 11.7. The van der Waals surface area contributed by atoms with Crippen LogP contribution in [-0.4, -0.2) is 17.1 Å². The van der Waals surface area contributed by atoms with Crippen LogP contribution in [0, 0.1) is 0 Å². The van der Waals surface area contributed by atoms with Crippen LogP contribution in [-0.2, 0) is 0 Å². The number of para-hydroxylation sites is 2. The molecule has 0 aliphatic carbocycles. The predicted octanol–water partition coefficient (Wildman–Crippen LogP) is 5.03. The zero-order valence-corrected chi connectivity index (χ0v) is 12.6. The van der Waals surface area contributed by atoms with E-state index in [2.05, 4.69) is 40.3 Å². The van der Waals surface area contributed by atoms with Gasteiger partial charge in [0.2, 0.25) is 0 Å². The van der Waals surface area contributed by atoms with Gasteiger partial charge < -0.3 is 9.72 Å². The molecule has 0 radical (unpaired) electrons. The fourth-order valence-electron chi connectivity index (χ4n) is 3.51. The average molecular weight is 298 g/mol. The SMILES string of the molecule is COc1c2cnc3ccccc3c2cc2[nH]c3ccccc3c12. The number of hydrogen-bond donors (Lipinski definition) is 1. The van der Waals surface area contributed by atoms with E-state index < -0.39 is 0 Å². The molecule has 2 heterocycles. The van der Waals surface area contributed by atoms with Crippen LogP contribution in [0.3, 0.4) is 0 Å². The van der Waals surface area contributed by atoms with Crippen LogP contribution in [0.15, 0.2) is 60.8 Å². The van der Waals surface area contributed by atoms with Gasteiger partial charge in [-0.25, -0.2) is 0 Å². The zero-order valence-electron chi connectivity index (χ0n) is 12.6. The van der Waals surface area contributed by atoms with E-state index in [1.165, 1.54) is 5.39 Å². The number of ether oxygens (including phenoxy) is 1. The summed E-state index contributed by atoms with van der Waals surface area (Å²) in [6, 6.07) is 18.7. The topological polar surface area (TPSA) is 37.9 Å². The number of methoxy groups -OCH3 is 1. The molecular formula is C20H14N2O. The van der Waals surface area contributed by atoms with E-state index in [0.717, 1.165) is 43.8 Å². The largest absolute Gasteiger partial charge is 0.495 e. The van der Waals surface area contributed by atoms with Gasteiger partial charge >= 0.3 is 0 Å². The molecular weight excluding hydrogens is 284 g/mol. The monoisotopic (exact) mass is 298 g/mol. The first-order chi connectivity index (χ1) is 11.4. The lowest BCUT2D eigenvalue weighted by atomic mass is 10.0. The number of fused-ring (bicyclic) bond motifs is 6. The Morgan fingerprint density at radius 1 is 0.826 bits per heavy atom. The lowest BCUT2D eigenvalue weighted by Gasteiger charge is -2.10.